The second-order valence-corrected chi connectivity index (χ2v) is 6.63. The van der Waals surface area contributed by atoms with Crippen molar-refractivity contribution < 1.29 is 32.2 Å². The fourth-order valence-electron chi connectivity index (χ4n) is 2.55. The van der Waals surface area contributed by atoms with Crippen molar-refractivity contribution in [2.45, 2.75) is 64.1 Å². The van der Waals surface area contributed by atoms with Crippen LogP contribution in [0.25, 0.3) is 0 Å². The summed E-state index contributed by atoms with van der Waals surface area (Å²) in [7, 11) is 0. The van der Waals surface area contributed by atoms with Gasteiger partial charge in [0.2, 0.25) is 0 Å². The largest absolute Gasteiger partial charge is 0.412 e. The van der Waals surface area contributed by atoms with E-state index in [1.807, 2.05) is 6.92 Å². The molecule has 4 nitrogen and oxygen atoms in total. The molecule has 0 saturated heterocycles. The van der Waals surface area contributed by atoms with Gasteiger partial charge in [-0.05, 0) is 13.3 Å². The molecule has 0 aliphatic rings. The maximum atomic E-state index is 14.7. The number of benzene rings is 1. The lowest BCUT2D eigenvalue weighted by molar-refractivity contribution is -0.320. The maximum Gasteiger partial charge on any atom is 0.355 e. The molecule has 1 rings (SSSR count). The van der Waals surface area contributed by atoms with E-state index in [9.17, 15) is 22.8 Å². The van der Waals surface area contributed by atoms with Gasteiger partial charge in [0.15, 0.2) is 6.67 Å². The second kappa shape index (κ2) is 10.9. The van der Waals surface area contributed by atoms with E-state index in [2.05, 4.69) is 6.58 Å². The van der Waals surface area contributed by atoms with Crippen LogP contribution in [0.5, 0.6) is 0 Å². The Labute approximate surface area is 163 Å². The third-order valence-electron chi connectivity index (χ3n) is 4.13. The molecule has 156 valence electrons. The second-order valence-electron chi connectivity index (χ2n) is 6.63. The average molecular weight is 400 g/mol. The van der Waals surface area contributed by atoms with E-state index in [1.54, 1.807) is 0 Å². The zero-order chi connectivity index (χ0) is 21.2. The van der Waals surface area contributed by atoms with Crippen molar-refractivity contribution in [3.8, 4) is 0 Å². The fourth-order valence-corrected chi connectivity index (χ4v) is 2.55. The first-order chi connectivity index (χ1) is 13.2. The predicted molar refractivity (Wildman–Crippen MR) is 99.4 cm³/mol. The molecule has 0 aromatic heterocycles. The van der Waals surface area contributed by atoms with Gasteiger partial charge in [0.05, 0.1) is 0 Å². The molecule has 1 aromatic carbocycles. The number of rotatable bonds is 12. The Kier molecular flexibility index (Phi) is 9.22. The molecule has 0 aliphatic carbocycles. The number of alkyl halides is 3. The van der Waals surface area contributed by atoms with Gasteiger partial charge in [-0.1, -0.05) is 69.5 Å². The quantitative estimate of drug-likeness (QED) is 0.202. The number of ether oxygens (including phenoxy) is 2. The highest BCUT2D eigenvalue weighted by molar-refractivity contribution is 5.87. The Bertz CT molecular complexity index is 661. The molecule has 7 heteroatoms. The molecule has 1 aromatic rings. The van der Waals surface area contributed by atoms with Crippen molar-refractivity contribution in [1.29, 1.82) is 0 Å². The lowest BCUT2D eigenvalue weighted by Gasteiger charge is -2.37. The summed E-state index contributed by atoms with van der Waals surface area (Å²) in [5, 5.41) is 0. The van der Waals surface area contributed by atoms with Crippen LogP contribution in [0.4, 0.5) is 13.2 Å². The molecule has 0 amide bonds. The molecular formula is C21H27F3O4. The first-order valence-corrected chi connectivity index (χ1v) is 9.30. The van der Waals surface area contributed by atoms with Gasteiger partial charge in [-0.15, -0.1) is 0 Å². The molecule has 0 N–H and O–H groups in total. The van der Waals surface area contributed by atoms with Crippen LogP contribution in [0.15, 0.2) is 42.5 Å². The number of hydrogen-bond donors (Lipinski definition) is 0. The lowest BCUT2D eigenvalue weighted by Crippen LogP contribution is -2.53. The summed E-state index contributed by atoms with van der Waals surface area (Å²) in [5.41, 5.74) is -0.530. The van der Waals surface area contributed by atoms with Crippen LogP contribution in [0.1, 0.15) is 57.9 Å². The van der Waals surface area contributed by atoms with Crippen molar-refractivity contribution in [3.63, 3.8) is 0 Å². The van der Waals surface area contributed by atoms with E-state index in [1.165, 1.54) is 37.3 Å². The van der Waals surface area contributed by atoms with Gasteiger partial charge in [-0.3, -0.25) is 4.79 Å². The summed E-state index contributed by atoms with van der Waals surface area (Å²) < 4.78 is 52.5. The van der Waals surface area contributed by atoms with E-state index in [-0.39, 0.29) is 17.6 Å². The molecule has 0 spiro atoms. The Morgan fingerprint density at radius 2 is 1.64 bits per heavy atom. The normalized spacial score (nSPS) is 13.5. The summed E-state index contributed by atoms with van der Waals surface area (Å²) in [6, 6.07) is 6.70. The molecule has 0 radical (unpaired) electrons. The molecular weight excluding hydrogens is 373 g/mol. The van der Waals surface area contributed by atoms with E-state index >= 15 is 0 Å². The third kappa shape index (κ3) is 6.11. The van der Waals surface area contributed by atoms with E-state index in [0.29, 0.717) is 6.42 Å². The highest BCUT2D eigenvalue weighted by atomic mass is 19.3. The zero-order valence-corrected chi connectivity index (χ0v) is 16.3. The minimum atomic E-state index is -4.29. The Morgan fingerprint density at radius 1 is 1.04 bits per heavy atom. The van der Waals surface area contributed by atoms with Crippen molar-refractivity contribution in [2.24, 2.45) is 0 Å². The third-order valence-corrected chi connectivity index (χ3v) is 4.13. The standard InChI is InChI=1S/C21H27F3O4/c1-4-5-6-7-11-14-18(25)27-21(20(23,24)15-22,28-19(26)16(2)3)17-12-9-8-10-13-17/h8-10,12-13H,2,4-7,11,14-15H2,1,3H3. The smallest absolute Gasteiger partial charge is 0.355 e. The minimum Gasteiger partial charge on any atom is -0.412 e. The van der Waals surface area contributed by atoms with Crippen molar-refractivity contribution in [2.75, 3.05) is 6.67 Å². The van der Waals surface area contributed by atoms with Gasteiger partial charge in [0.1, 0.15) is 0 Å². The molecule has 0 bridgehead atoms. The number of carbonyl (C=O) groups excluding carboxylic acids is 2. The average Bonchev–Trinajstić information content (AvgIpc) is 2.67. The fraction of sp³-hybridized carbons (Fsp3) is 0.524. The summed E-state index contributed by atoms with van der Waals surface area (Å²) in [6.45, 7) is 4.45. The van der Waals surface area contributed by atoms with Crippen LogP contribution in [-0.2, 0) is 24.8 Å². The summed E-state index contributed by atoms with van der Waals surface area (Å²) in [5.74, 6) is -9.72. The van der Waals surface area contributed by atoms with Gasteiger partial charge in [-0.2, -0.15) is 8.78 Å². The van der Waals surface area contributed by atoms with Gasteiger partial charge in [0.25, 0.3) is 0 Å². The molecule has 0 fully saturated rings. The Hall–Kier alpha value is -2.31. The van der Waals surface area contributed by atoms with Crippen LogP contribution in [0.3, 0.4) is 0 Å². The topological polar surface area (TPSA) is 52.6 Å². The number of esters is 2. The van der Waals surface area contributed by atoms with E-state index < -0.39 is 30.3 Å². The van der Waals surface area contributed by atoms with Crippen LogP contribution < -0.4 is 0 Å². The van der Waals surface area contributed by atoms with Gasteiger partial charge < -0.3 is 9.47 Å². The Balaban J connectivity index is 3.19. The zero-order valence-electron chi connectivity index (χ0n) is 16.3. The molecule has 0 heterocycles. The Morgan fingerprint density at radius 3 is 2.18 bits per heavy atom. The van der Waals surface area contributed by atoms with Crippen molar-refractivity contribution >= 4 is 11.9 Å². The minimum absolute atomic E-state index is 0.148. The number of unbranched alkanes of at least 4 members (excludes halogenated alkanes) is 4. The molecule has 1 unspecified atom stereocenters. The number of carbonyl (C=O) groups is 2. The molecule has 1 atom stereocenters. The predicted octanol–water partition coefficient (Wildman–Crippen LogP) is 5.47. The summed E-state index contributed by atoms with van der Waals surface area (Å²) in [6.07, 6.45) is 3.93. The molecule has 0 aliphatic heterocycles. The van der Waals surface area contributed by atoms with Crippen LogP contribution in [0, 0.1) is 0 Å². The summed E-state index contributed by atoms with van der Waals surface area (Å²) >= 11 is 0. The first kappa shape index (κ1) is 23.7. The highest BCUT2D eigenvalue weighted by Gasteiger charge is 2.62. The van der Waals surface area contributed by atoms with Gasteiger partial charge >= 0.3 is 23.6 Å². The van der Waals surface area contributed by atoms with E-state index in [4.69, 9.17) is 9.47 Å². The summed E-state index contributed by atoms with van der Waals surface area (Å²) in [4.78, 5) is 24.3. The number of hydrogen-bond acceptors (Lipinski definition) is 4. The molecule has 0 saturated carbocycles. The SMILES string of the molecule is C=C(C)C(=O)OC(OC(=O)CCCCCCC)(c1ccccc1)C(F)(F)CF. The van der Waals surface area contributed by atoms with Gasteiger partial charge in [-0.25, -0.2) is 9.18 Å². The van der Waals surface area contributed by atoms with Gasteiger partial charge in [0, 0.05) is 17.6 Å². The highest BCUT2D eigenvalue weighted by Crippen LogP contribution is 2.43. The van der Waals surface area contributed by atoms with Crippen LogP contribution in [-0.4, -0.2) is 24.5 Å². The van der Waals surface area contributed by atoms with Crippen LogP contribution in [0.2, 0.25) is 0 Å². The van der Waals surface area contributed by atoms with Crippen molar-refractivity contribution in [3.05, 3.63) is 48.0 Å². The first-order valence-electron chi connectivity index (χ1n) is 9.30. The van der Waals surface area contributed by atoms with Crippen LogP contribution >= 0.6 is 0 Å². The lowest BCUT2D eigenvalue weighted by atomic mass is 9.98. The number of halogens is 3. The monoisotopic (exact) mass is 400 g/mol. The maximum absolute atomic E-state index is 14.7. The van der Waals surface area contributed by atoms with Crippen molar-refractivity contribution in [1.82, 2.24) is 0 Å². The molecule has 28 heavy (non-hydrogen) atoms. The van der Waals surface area contributed by atoms with E-state index in [0.717, 1.165) is 25.7 Å².